The summed E-state index contributed by atoms with van der Waals surface area (Å²) in [4.78, 5) is 7.94. The Morgan fingerprint density at radius 2 is 2.19 bits per heavy atom. The highest BCUT2D eigenvalue weighted by Gasteiger charge is 2.35. The van der Waals surface area contributed by atoms with E-state index in [1.165, 1.54) is 25.7 Å². The molecule has 5 nitrogen and oxygen atoms in total. The number of nitrogens with zero attached hydrogens (tertiary/aromatic N) is 3. The highest BCUT2D eigenvalue weighted by Crippen LogP contribution is 2.30. The average Bonchev–Trinajstić information content (AvgIpc) is 3.20. The van der Waals surface area contributed by atoms with E-state index in [-0.39, 0.29) is 0 Å². The van der Waals surface area contributed by atoms with Gasteiger partial charge in [-0.15, -0.1) is 11.3 Å². The average molecular weight is 304 g/mol. The zero-order valence-corrected chi connectivity index (χ0v) is 13.0. The van der Waals surface area contributed by atoms with Crippen molar-refractivity contribution in [3.63, 3.8) is 0 Å². The first kappa shape index (κ1) is 13.4. The molecular weight excluding hydrogens is 284 g/mol. The maximum atomic E-state index is 5.36. The van der Waals surface area contributed by atoms with Gasteiger partial charge < -0.3 is 9.84 Å². The van der Waals surface area contributed by atoms with Crippen LogP contribution in [0.25, 0.3) is 10.8 Å². The second-order valence-electron chi connectivity index (χ2n) is 6.17. The van der Waals surface area contributed by atoms with Gasteiger partial charge in [-0.2, -0.15) is 4.98 Å². The van der Waals surface area contributed by atoms with Crippen LogP contribution in [0.4, 0.5) is 0 Å². The van der Waals surface area contributed by atoms with Gasteiger partial charge in [0, 0.05) is 18.1 Å². The van der Waals surface area contributed by atoms with Crippen molar-refractivity contribution in [2.75, 3.05) is 7.05 Å². The number of aromatic nitrogens is 2. The Hall–Kier alpha value is -1.24. The van der Waals surface area contributed by atoms with Crippen molar-refractivity contribution in [2.45, 2.75) is 50.4 Å². The molecule has 6 heteroatoms. The summed E-state index contributed by atoms with van der Waals surface area (Å²) in [6, 6.07) is 6.07. The molecule has 2 aromatic heterocycles. The van der Waals surface area contributed by atoms with Gasteiger partial charge in [0.05, 0.1) is 11.4 Å². The van der Waals surface area contributed by atoms with Gasteiger partial charge in [0.1, 0.15) is 0 Å². The number of thiophene rings is 1. The Bertz CT molecular complexity index is 585. The lowest BCUT2D eigenvalue weighted by molar-refractivity contribution is 0.161. The van der Waals surface area contributed by atoms with Gasteiger partial charge in [-0.1, -0.05) is 11.2 Å². The van der Waals surface area contributed by atoms with Crippen molar-refractivity contribution in [2.24, 2.45) is 0 Å². The third-order valence-corrected chi connectivity index (χ3v) is 5.52. The maximum absolute atomic E-state index is 5.36. The van der Waals surface area contributed by atoms with E-state index in [9.17, 15) is 0 Å². The Kier molecular flexibility index (Phi) is 3.52. The van der Waals surface area contributed by atoms with Gasteiger partial charge in [0.25, 0.3) is 5.89 Å². The van der Waals surface area contributed by atoms with Crippen LogP contribution in [-0.2, 0) is 6.54 Å². The molecular formula is C15H20N4OS. The van der Waals surface area contributed by atoms with Gasteiger partial charge in [-0.05, 0) is 44.2 Å². The van der Waals surface area contributed by atoms with Gasteiger partial charge in [-0.3, -0.25) is 4.90 Å². The molecule has 2 aromatic rings. The topological polar surface area (TPSA) is 54.2 Å². The minimum Gasteiger partial charge on any atom is -0.333 e. The molecule has 0 radical (unpaired) electrons. The Labute approximate surface area is 128 Å². The SMILES string of the molecule is CN(Cc1noc(-c2cccs2)n1)C1CC2CCC(C1)N2. The standard InChI is InChI=1S/C15H20N4OS/c1-19(12-7-10-4-5-11(8-12)16-10)9-14-17-15(20-18-14)13-3-2-6-21-13/h2-3,6,10-12,16H,4-5,7-9H2,1H3. The zero-order valence-electron chi connectivity index (χ0n) is 12.2. The summed E-state index contributed by atoms with van der Waals surface area (Å²) in [6.07, 6.45) is 5.14. The molecule has 2 fully saturated rings. The van der Waals surface area contributed by atoms with E-state index in [0.29, 0.717) is 24.0 Å². The summed E-state index contributed by atoms with van der Waals surface area (Å²) in [5.41, 5.74) is 0. The molecule has 2 bridgehead atoms. The van der Waals surface area contributed by atoms with Gasteiger partial charge in [-0.25, -0.2) is 0 Å². The number of piperidine rings is 1. The molecule has 2 atom stereocenters. The number of hydrogen-bond donors (Lipinski definition) is 1. The molecule has 2 aliphatic rings. The highest BCUT2D eigenvalue weighted by atomic mass is 32.1. The number of fused-ring (bicyclic) bond motifs is 2. The van der Waals surface area contributed by atoms with Crippen LogP contribution in [0, 0.1) is 0 Å². The van der Waals surface area contributed by atoms with Crippen LogP contribution in [0.5, 0.6) is 0 Å². The van der Waals surface area contributed by atoms with Gasteiger partial charge >= 0.3 is 0 Å². The lowest BCUT2D eigenvalue weighted by atomic mass is 9.98. The Morgan fingerprint density at radius 1 is 1.38 bits per heavy atom. The molecule has 112 valence electrons. The fourth-order valence-electron chi connectivity index (χ4n) is 3.56. The van der Waals surface area contributed by atoms with Crippen LogP contribution < -0.4 is 5.32 Å². The lowest BCUT2D eigenvalue weighted by Gasteiger charge is -2.34. The molecule has 4 rings (SSSR count). The van der Waals surface area contributed by atoms with Crippen molar-refractivity contribution in [3.05, 3.63) is 23.3 Å². The molecule has 0 spiro atoms. The number of rotatable bonds is 4. The van der Waals surface area contributed by atoms with E-state index in [1.807, 2.05) is 17.5 Å². The third kappa shape index (κ3) is 2.75. The predicted octanol–water partition coefficient (Wildman–Crippen LogP) is 2.51. The van der Waals surface area contributed by atoms with E-state index in [0.717, 1.165) is 17.2 Å². The first-order valence-electron chi connectivity index (χ1n) is 7.60. The monoisotopic (exact) mass is 304 g/mol. The predicted molar refractivity (Wildman–Crippen MR) is 82.0 cm³/mol. The number of hydrogen-bond acceptors (Lipinski definition) is 6. The van der Waals surface area contributed by atoms with Crippen molar-refractivity contribution >= 4 is 11.3 Å². The van der Waals surface area contributed by atoms with E-state index >= 15 is 0 Å². The minimum atomic E-state index is 0.632. The van der Waals surface area contributed by atoms with Crippen LogP contribution in [0.15, 0.2) is 22.0 Å². The van der Waals surface area contributed by atoms with Crippen LogP contribution in [-0.4, -0.2) is 40.2 Å². The molecule has 2 unspecified atom stereocenters. The minimum absolute atomic E-state index is 0.632. The molecule has 21 heavy (non-hydrogen) atoms. The molecule has 2 saturated heterocycles. The van der Waals surface area contributed by atoms with Crippen molar-refractivity contribution in [3.8, 4) is 10.8 Å². The van der Waals surface area contributed by atoms with Crippen LogP contribution in [0.1, 0.15) is 31.5 Å². The molecule has 1 N–H and O–H groups in total. The molecule has 0 aliphatic carbocycles. The third-order valence-electron chi connectivity index (χ3n) is 4.66. The number of nitrogens with one attached hydrogen (secondary N) is 1. The van der Waals surface area contributed by atoms with E-state index < -0.39 is 0 Å². The zero-order chi connectivity index (χ0) is 14.2. The second-order valence-corrected chi connectivity index (χ2v) is 7.12. The second kappa shape index (κ2) is 5.51. The largest absolute Gasteiger partial charge is 0.333 e. The van der Waals surface area contributed by atoms with Crippen LogP contribution >= 0.6 is 11.3 Å². The van der Waals surface area contributed by atoms with Crippen molar-refractivity contribution < 1.29 is 4.52 Å². The Balaban J connectivity index is 1.41. The van der Waals surface area contributed by atoms with E-state index in [2.05, 4.69) is 27.4 Å². The first-order chi connectivity index (χ1) is 10.3. The summed E-state index contributed by atoms with van der Waals surface area (Å²) in [5.74, 6) is 1.42. The highest BCUT2D eigenvalue weighted by molar-refractivity contribution is 7.13. The first-order valence-corrected chi connectivity index (χ1v) is 8.48. The maximum Gasteiger partial charge on any atom is 0.268 e. The molecule has 0 aromatic carbocycles. The summed E-state index contributed by atoms with van der Waals surface area (Å²) in [7, 11) is 2.18. The van der Waals surface area contributed by atoms with E-state index in [4.69, 9.17) is 4.52 Å². The fraction of sp³-hybridized carbons (Fsp3) is 0.600. The van der Waals surface area contributed by atoms with Crippen molar-refractivity contribution in [1.29, 1.82) is 0 Å². The van der Waals surface area contributed by atoms with Gasteiger partial charge in [0.15, 0.2) is 5.82 Å². The van der Waals surface area contributed by atoms with Crippen LogP contribution in [0.2, 0.25) is 0 Å². The normalized spacial score (nSPS) is 28.4. The summed E-state index contributed by atoms with van der Waals surface area (Å²) in [5, 5.41) is 9.83. The molecule has 0 saturated carbocycles. The summed E-state index contributed by atoms with van der Waals surface area (Å²) < 4.78 is 5.36. The smallest absolute Gasteiger partial charge is 0.268 e. The Morgan fingerprint density at radius 3 is 2.90 bits per heavy atom. The van der Waals surface area contributed by atoms with E-state index in [1.54, 1.807) is 11.3 Å². The fourth-order valence-corrected chi connectivity index (χ4v) is 4.20. The molecule has 0 amide bonds. The van der Waals surface area contributed by atoms with Gasteiger partial charge in [0.2, 0.25) is 0 Å². The molecule has 2 aliphatic heterocycles. The summed E-state index contributed by atoms with van der Waals surface area (Å²) in [6.45, 7) is 0.763. The quantitative estimate of drug-likeness (QED) is 0.940. The van der Waals surface area contributed by atoms with Crippen LogP contribution in [0.3, 0.4) is 0 Å². The summed E-state index contributed by atoms with van der Waals surface area (Å²) >= 11 is 1.63. The lowest BCUT2D eigenvalue weighted by Crippen LogP contribution is -2.46. The molecule has 4 heterocycles. The van der Waals surface area contributed by atoms with Crippen molar-refractivity contribution in [1.82, 2.24) is 20.4 Å².